The standard InChI is InChI=1S/C11H14O4S/c1-8(12)11(2,3)16(14,15)10-6-4-9(13)5-7-10/h4-7,13H,1-3H3. The Labute approximate surface area is 94.8 Å². The second-order valence-corrected chi connectivity index (χ2v) is 6.56. The molecule has 0 aliphatic rings. The summed E-state index contributed by atoms with van der Waals surface area (Å²) in [6, 6.07) is 5.14. The molecule has 0 heterocycles. The molecular formula is C11H14O4S. The van der Waals surface area contributed by atoms with E-state index in [0.717, 1.165) is 0 Å². The Hall–Kier alpha value is -1.36. The Morgan fingerprint density at radius 1 is 1.19 bits per heavy atom. The lowest BCUT2D eigenvalue weighted by Crippen LogP contribution is -2.39. The molecule has 0 spiro atoms. The fraction of sp³-hybridized carbons (Fsp3) is 0.364. The number of hydrogen-bond acceptors (Lipinski definition) is 4. The number of phenolic OH excluding ortho intramolecular Hbond substituents is 1. The summed E-state index contributed by atoms with van der Waals surface area (Å²) < 4.78 is 22.8. The van der Waals surface area contributed by atoms with Crippen molar-refractivity contribution in [3.63, 3.8) is 0 Å². The van der Waals surface area contributed by atoms with Gasteiger partial charge >= 0.3 is 0 Å². The van der Waals surface area contributed by atoms with Crippen LogP contribution in [0.3, 0.4) is 0 Å². The van der Waals surface area contributed by atoms with Crippen molar-refractivity contribution in [1.82, 2.24) is 0 Å². The predicted molar refractivity (Wildman–Crippen MR) is 60.1 cm³/mol. The number of sulfone groups is 1. The van der Waals surface area contributed by atoms with Crippen molar-refractivity contribution in [2.24, 2.45) is 0 Å². The molecule has 0 bridgehead atoms. The van der Waals surface area contributed by atoms with Gasteiger partial charge in [-0.1, -0.05) is 0 Å². The fourth-order valence-electron chi connectivity index (χ4n) is 1.11. The summed E-state index contributed by atoms with van der Waals surface area (Å²) >= 11 is 0. The van der Waals surface area contributed by atoms with Crippen LogP contribution in [-0.2, 0) is 14.6 Å². The zero-order valence-corrected chi connectivity index (χ0v) is 10.2. The van der Waals surface area contributed by atoms with Crippen molar-refractivity contribution < 1.29 is 18.3 Å². The molecule has 0 fully saturated rings. The summed E-state index contributed by atoms with van der Waals surface area (Å²) in [5.41, 5.74) is 0. The maximum absolute atomic E-state index is 12.1. The minimum atomic E-state index is -3.72. The molecule has 0 amide bonds. The number of hydrogen-bond donors (Lipinski definition) is 1. The second kappa shape index (κ2) is 3.90. The van der Waals surface area contributed by atoms with Gasteiger partial charge in [-0.2, -0.15) is 0 Å². The molecule has 1 N–H and O–H groups in total. The zero-order valence-electron chi connectivity index (χ0n) is 9.39. The van der Waals surface area contributed by atoms with Crippen molar-refractivity contribution in [2.75, 3.05) is 0 Å². The van der Waals surface area contributed by atoms with Crippen molar-refractivity contribution >= 4 is 15.6 Å². The number of Topliss-reactive ketones (excluding diaryl/α,β-unsaturated/α-hetero) is 1. The van der Waals surface area contributed by atoms with Gasteiger partial charge in [0.05, 0.1) is 4.90 Å². The molecule has 1 rings (SSSR count). The minimum Gasteiger partial charge on any atom is -0.508 e. The Morgan fingerprint density at radius 3 is 2.00 bits per heavy atom. The van der Waals surface area contributed by atoms with Gasteiger partial charge in [-0.05, 0) is 45.0 Å². The summed E-state index contributed by atoms with van der Waals surface area (Å²) in [5.74, 6) is -0.430. The van der Waals surface area contributed by atoms with Gasteiger partial charge in [0.15, 0.2) is 15.6 Å². The van der Waals surface area contributed by atoms with E-state index in [1.54, 1.807) is 0 Å². The summed E-state index contributed by atoms with van der Waals surface area (Å²) in [5, 5.41) is 9.07. The van der Waals surface area contributed by atoms with E-state index < -0.39 is 20.4 Å². The van der Waals surface area contributed by atoms with Crippen molar-refractivity contribution in [3.05, 3.63) is 24.3 Å². The number of ketones is 1. The SMILES string of the molecule is CC(=O)C(C)(C)S(=O)(=O)c1ccc(O)cc1. The first-order chi connectivity index (χ1) is 7.19. The van der Waals surface area contributed by atoms with Crippen molar-refractivity contribution in [2.45, 2.75) is 30.4 Å². The summed E-state index contributed by atoms with van der Waals surface area (Å²) in [7, 11) is -3.72. The number of benzene rings is 1. The molecule has 0 aliphatic carbocycles. The fourth-order valence-corrected chi connectivity index (χ4v) is 2.57. The molecule has 1 aromatic rings. The van der Waals surface area contributed by atoms with E-state index in [-0.39, 0.29) is 10.6 Å². The van der Waals surface area contributed by atoms with Crippen LogP contribution in [0.2, 0.25) is 0 Å². The zero-order chi connectivity index (χ0) is 12.6. The maximum atomic E-state index is 12.1. The van der Waals surface area contributed by atoms with Gasteiger partial charge in [-0.25, -0.2) is 8.42 Å². The van der Waals surface area contributed by atoms with E-state index in [9.17, 15) is 13.2 Å². The van der Waals surface area contributed by atoms with Crippen LogP contribution in [0.15, 0.2) is 29.2 Å². The summed E-state index contributed by atoms with van der Waals surface area (Å²) in [6.45, 7) is 3.99. The van der Waals surface area contributed by atoms with Crippen molar-refractivity contribution in [3.8, 4) is 5.75 Å². The van der Waals surface area contributed by atoms with Gasteiger partial charge < -0.3 is 5.11 Å². The number of carbonyl (C=O) groups is 1. The van der Waals surface area contributed by atoms with E-state index in [4.69, 9.17) is 5.11 Å². The average molecular weight is 242 g/mol. The molecule has 0 aliphatic heterocycles. The Balaban J connectivity index is 3.33. The van der Waals surface area contributed by atoms with Crippen LogP contribution in [0.4, 0.5) is 0 Å². The first-order valence-corrected chi connectivity index (χ1v) is 6.22. The highest BCUT2D eigenvalue weighted by Crippen LogP contribution is 2.27. The molecule has 0 unspecified atom stereocenters. The molecule has 1 aromatic carbocycles. The Kier molecular flexibility index (Phi) is 3.10. The number of phenols is 1. The van der Waals surface area contributed by atoms with Crippen LogP contribution < -0.4 is 0 Å². The van der Waals surface area contributed by atoms with Crippen LogP contribution in [0, 0.1) is 0 Å². The lowest BCUT2D eigenvalue weighted by Gasteiger charge is -2.21. The predicted octanol–water partition coefficient (Wildman–Crippen LogP) is 1.53. The first kappa shape index (κ1) is 12.7. The molecule has 0 radical (unpaired) electrons. The number of rotatable bonds is 3. The smallest absolute Gasteiger partial charge is 0.190 e. The van der Waals surface area contributed by atoms with Gasteiger partial charge in [0.25, 0.3) is 0 Å². The highest BCUT2D eigenvalue weighted by atomic mass is 32.2. The largest absolute Gasteiger partial charge is 0.508 e. The number of aromatic hydroxyl groups is 1. The van der Waals surface area contributed by atoms with E-state index in [0.29, 0.717) is 0 Å². The maximum Gasteiger partial charge on any atom is 0.190 e. The molecule has 88 valence electrons. The van der Waals surface area contributed by atoms with Crippen LogP contribution in [0.5, 0.6) is 5.75 Å². The quantitative estimate of drug-likeness (QED) is 0.872. The van der Waals surface area contributed by atoms with E-state index in [1.807, 2.05) is 0 Å². The van der Waals surface area contributed by atoms with Crippen molar-refractivity contribution in [1.29, 1.82) is 0 Å². The van der Waals surface area contributed by atoms with Crippen LogP contribution in [0.1, 0.15) is 20.8 Å². The lowest BCUT2D eigenvalue weighted by atomic mass is 10.1. The topological polar surface area (TPSA) is 71.4 Å². The molecule has 4 nitrogen and oxygen atoms in total. The molecule has 0 aromatic heterocycles. The summed E-state index contributed by atoms with van der Waals surface area (Å²) in [6.07, 6.45) is 0. The average Bonchev–Trinajstić information content (AvgIpc) is 2.17. The van der Waals surface area contributed by atoms with Gasteiger partial charge in [0, 0.05) is 0 Å². The van der Waals surface area contributed by atoms with Crippen LogP contribution in [0.25, 0.3) is 0 Å². The summed E-state index contributed by atoms with van der Waals surface area (Å²) in [4.78, 5) is 11.4. The molecular weight excluding hydrogens is 228 g/mol. The van der Waals surface area contributed by atoms with Gasteiger partial charge in [-0.15, -0.1) is 0 Å². The third-order valence-corrected chi connectivity index (χ3v) is 5.19. The van der Waals surface area contributed by atoms with E-state index in [2.05, 4.69) is 0 Å². The van der Waals surface area contributed by atoms with Gasteiger partial charge in [0.2, 0.25) is 0 Å². The molecule has 16 heavy (non-hydrogen) atoms. The monoisotopic (exact) mass is 242 g/mol. The normalized spacial score (nSPS) is 12.4. The number of carbonyl (C=O) groups excluding carboxylic acids is 1. The van der Waals surface area contributed by atoms with Gasteiger partial charge in [-0.3, -0.25) is 4.79 Å². The molecule has 0 saturated heterocycles. The highest BCUT2D eigenvalue weighted by molar-refractivity contribution is 7.93. The van der Waals surface area contributed by atoms with Gasteiger partial charge in [0.1, 0.15) is 10.5 Å². The molecule has 5 heteroatoms. The Bertz CT molecular complexity index is 497. The first-order valence-electron chi connectivity index (χ1n) is 4.74. The van der Waals surface area contributed by atoms with E-state index >= 15 is 0 Å². The van der Waals surface area contributed by atoms with Crippen LogP contribution >= 0.6 is 0 Å². The third kappa shape index (κ3) is 1.95. The van der Waals surface area contributed by atoms with Crippen LogP contribution in [-0.4, -0.2) is 24.1 Å². The third-order valence-electron chi connectivity index (χ3n) is 2.67. The molecule has 0 saturated carbocycles. The highest BCUT2D eigenvalue weighted by Gasteiger charge is 2.39. The van der Waals surface area contributed by atoms with E-state index in [1.165, 1.54) is 45.0 Å². The lowest BCUT2D eigenvalue weighted by molar-refractivity contribution is -0.118. The Morgan fingerprint density at radius 2 is 1.62 bits per heavy atom. The second-order valence-electron chi connectivity index (χ2n) is 4.06. The molecule has 0 atom stereocenters. The minimum absolute atomic E-state index is 0.0143.